The first-order valence-corrected chi connectivity index (χ1v) is 13.4. The first kappa shape index (κ1) is 21.7. The van der Waals surface area contributed by atoms with Crippen molar-refractivity contribution in [2.45, 2.75) is 18.9 Å². The second kappa shape index (κ2) is 10.6. The van der Waals surface area contributed by atoms with Gasteiger partial charge in [-0.3, -0.25) is 0 Å². The maximum absolute atomic E-state index is 2.62. The van der Waals surface area contributed by atoms with Gasteiger partial charge in [-0.05, 0) is 48.7 Å². The van der Waals surface area contributed by atoms with Gasteiger partial charge in [-0.25, -0.2) is 0 Å². The van der Waals surface area contributed by atoms with Gasteiger partial charge in [-0.2, -0.15) is 0 Å². The van der Waals surface area contributed by atoms with Crippen LogP contribution in [-0.4, -0.2) is 23.6 Å². The summed E-state index contributed by atoms with van der Waals surface area (Å²) in [4.78, 5) is 2.62. The van der Waals surface area contributed by atoms with Crippen LogP contribution in [0, 0.1) is 0 Å². The summed E-state index contributed by atoms with van der Waals surface area (Å²) >= 11 is 0. The number of rotatable bonds is 7. The fourth-order valence-corrected chi connectivity index (χ4v) is 7.33. The van der Waals surface area contributed by atoms with Crippen LogP contribution in [0.3, 0.4) is 0 Å². The van der Waals surface area contributed by atoms with Crippen molar-refractivity contribution in [2.24, 2.45) is 0 Å². The predicted molar refractivity (Wildman–Crippen MR) is 144 cm³/mol. The minimum Gasteiger partial charge on any atom is -0.373 e. The molecule has 0 aliphatic carbocycles. The van der Waals surface area contributed by atoms with Crippen LogP contribution in [0.25, 0.3) is 5.57 Å². The molecule has 0 amide bonds. The van der Waals surface area contributed by atoms with E-state index in [2.05, 4.69) is 132 Å². The summed E-state index contributed by atoms with van der Waals surface area (Å²) in [6, 6.07) is 44.4. The van der Waals surface area contributed by atoms with Crippen LogP contribution in [0.2, 0.25) is 0 Å². The molecule has 1 fully saturated rings. The van der Waals surface area contributed by atoms with Gasteiger partial charge < -0.3 is 4.90 Å². The van der Waals surface area contributed by atoms with E-state index < -0.39 is 7.92 Å². The minimum atomic E-state index is -0.393. The maximum atomic E-state index is 2.62. The Hall–Kier alpha value is -3.15. The number of nitrogens with zero attached hydrogens (tertiary/aromatic N) is 1. The van der Waals surface area contributed by atoms with E-state index in [-0.39, 0.29) is 0 Å². The van der Waals surface area contributed by atoms with Crippen LogP contribution < -0.4 is 10.6 Å². The van der Waals surface area contributed by atoms with Gasteiger partial charge >= 0.3 is 0 Å². The molecule has 1 saturated heterocycles. The monoisotopic (exact) mass is 447 g/mol. The van der Waals surface area contributed by atoms with Crippen molar-refractivity contribution < 1.29 is 0 Å². The molecule has 0 bridgehead atoms. The number of hydrogen-bond acceptors (Lipinski definition) is 1. The Kier molecular flexibility index (Phi) is 6.99. The summed E-state index contributed by atoms with van der Waals surface area (Å²) in [5.41, 5.74) is 3.87. The molecule has 4 aromatic rings. The molecule has 4 aromatic carbocycles. The lowest BCUT2D eigenvalue weighted by molar-refractivity contribution is 0.377. The third kappa shape index (κ3) is 5.27. The second-order valence-corrected chi connectivity index (χ2v) is 10.8. The van der Waals surface area contributed by atoms with Crippen molar-refractivity contribution in [3.8, 4) is 0 Å². The Bertz CT molecular complexity index is 1080. The van der Waals surface area contributed by atoms with Crippen molar-refractivity contribution in [1.82, 2.24) is 4.90 Å². The molecule has 0 N–H and O–H groups in total. The van der Waals surface area contributed by atoms with Gasteiger partial charge in [0.05, 0.1) is 0 Å². The molecule has 2 heteroatoms. The molecule has 164 valence electrons. The Morgan fingerprint density at radius 3 is 1.61 bits per heavy atom. The van der Waals surface area contributed by atoms with Crippen LogP contribution in [-0.2, 0) is 0 Å². The van der Waals surface area contributed by atoms with Crippen molar-refractivity contribution in [3.63, 3.8) is 0 Å². The third-order valence-electron chi connectivity index (χ3n) is 6.42. The fourth-order valence-electron chi connectivity index (χ4n) is 4.73. The molecule has 0 spiro atoms. The topological polar surface area (TPSA) is 3.24 Å². The van der Waals surface area contributed by atoms with Crippen LogP contribution in [0.1, 0.15) is 24.0 Å². The Morgan fingerprint density at radius 1 is 0.667 bits per heavy atom. The lowest BCUT2D eigenvalue weighted by Crippen LogP contribution is -2.30. The molecule has 0 aromatic heterocycles. The predicted octanol–water partition coefficient (Wildman–Crippen LogP) is 6.67. The molecule has 0 radical (unpaired) electrons. The highest BCUT2D eigenvalue weighted by Gasteiger charge is 2.27. The van der Waals surface area contributed by atoms with E-state index in [1.807, 2.05) is 0 Å². The number of benzene rings is 4. The molecule has 1 aliphatic heterocycles. The molecular formula is C31H30NP. The summed E-state index contributed by atoms with van der Waals surface area (Å²) in [7, 11) is -0.393. The van der Waals surface area contributed by atoms with Gasteiger partial charge in [0.2, 0.25) is 0 Å². The molecule has 1 heterocycles. The highest BCUT2D eigenvalue weighted by atomic mass is 31.1. The zero-order valence-corrected chi connectivity index (χ0v) is 19.8. The van der Waals surface area contributed by atoms with Crippen molar-refractivity contribution in [3.05, 3.63) is 139 Å². The lowest BCUT2D eigenvalue weighted by Gasteiger charge is -2.29. The van der Waals surface area contributed by atoms with E-state index in [0.717, 1.165) is 6.54 Å². The van der Waals surface area contributed by atoms with E-state index >= 15 is 0 Å². The van der Waals surface area contributed by atoms with Gasteiger partial charge in [-0.15, -0.1) is 0 Å². The first-order chi connectivity index (χ1) is 16.4. The molecule has 1 atom stereocenters. The van der Waals surface area contributed by atoms with E-state index in [9.17, 15) is 0 Å². The average Bonchev–Trinajstić information content (AvgIpc) is 3.34. The molecule has 5 rings (SSSR count). The summed E-state index contributed by atoms with van der Waals surface area (Å²) in [5.74, 6) is 0. The van der Waals surface area contributed by atoms with Crippen LogP contribution in [0.15, 0.2) is 128 Å². The van der Waals surface area contributed by atoms with Crippen LogP contribution >= 0.6 is 7.92 Å². The highest BCUT2D eigenvalue weighted by Crippen LogP contribution is 2.38. The van der Waals surface area contributed by atoms with Crippen LogP contribution in [0.4, 0.5) is 0 Å². The highest BCUT2D eigenvalue weighted by molar-refractivity contribution is 7.73. The molecule has 33 heavy (non-hydrogen) atoms. The second-order valence-electron chi connectivity index (χ2n) is 8.59. The normalized spacial score (nSPS) is 15.5. The van der Waals surface area contributed by atoms with Gasteiger partial charge in [0.1, 0.15) is 0 Å². The largest absolute Gasteiger partial charge is 0.373 e. The lowest BCUT2D eigenvalue weighted by atomic mass is 9.99. The molecule has 0 unspecified atom stereocenters. The van der Waals surface area contributed by atoms with Crippen LogP contribution in [0.5, 0.6) is 0 Å². The Morgan fingerprint density at radius 2 is 1.12 bits per heavy atom. The third-order valence-corrected chi connectivity index (χ3v) is 9.05. The molecule has 0 saturated carbocycles. The summed E-state index contributed by atoms with van der Waals surface area (Å²) in [6.45, 7) is 1.13. The number of likely N-dealkylation sites (tertiary alicyclic amines) is 1. The average molecular weight is 448 g/mol. The van der Waals surface area contributed by atoms with Crippen molar-refractivity contribution in [1.29, 1.82) is 0 Å². The molecule has 1 aliphatic rings. The smallest absolute Gasteiger partial charge is 0.0330 e. The van der Waals surface area contributed by atoms with Gasteiger partial charge in [0, 0.05) is 24.4 Å². The molecular weight excluding hydrogens is 417 g/mol. The van der Waals surface area contributed by atoms with E-state index in [1.54, 1.807) is 0 Å². The zero-order valence-electron chi connectivity index (χ0n) is 18.9. The SMILES string of the molecule is C(=C(c1ccccc1)c1ccccc1)N1CCC[C@H]1CP(c1ccccc1)c1ccccc1. The summed E-state index contributed by atoms with van der Waals surface area (Å²) in [5, 5.41) is 2.95. The minimum absolute atomic E-state index is 0.393. The van der Waals surface area contributed by atoms with Gasteiger partial charge in [-0.1, -0.05) is 121 Å². The number of hydrogen-bond donors (Lipinski definition) is 0. The van der Waals surface area contributed by atoms with Gasteiger partial charge in [0.25, 0.3) is 0 Å². The quantitative estimate of drug-likeness (QED) is 0.286. The fraction of sp³-hybridized carbons (Fsp3) is 0.161. The Labute approximate surface area is 199 Å². The van der Waals surface area contributed by atoms with E-state index in [1.165, 1.54) is 46.3 Å². The van der Waals surface area contributed by atoms with Gasteiger partial charge in [0.15, 0.2) is 0 Å². The van der Waals surface area contributed by atoms with Crippen molar-refractivity contribution in [2.75, 3.05) is 12.7 Å². The maximum Gasteiger partial charge on any atom is 0.0330 e. The zero-order chi connectivity index (χ0) is 22.3. The van der Waals surface area contributed by atoms with E-state index in [0.29, 0.717) is 6.04 Å². The van der Waals surface area contributed by atoms with E-state index in [4.69, 9.17) is 0 Å². The first-order valence-electron chi connectivity index (χ1n) is 11.8. The summed E-state index contributed by atoms with van der Waals surface area (Å²) in [6.07, 6.45) is 6.14. The molecule has 1 nitrogen and oxygen atoms in total. The Balaban J connectivity index is 1.48. The standard InChI is InChI=1S/C31H30NP/c1-5-14-26(15-6-1)31(27-16-7-2-8-17-27)24-32-23-13-18-28(32)25-33(29-19-9-3-10-20-29)30-21-11-4-12-22-30/h1-12,14-17,19-22,24,28H,13,18,23,25H2/t28-/m0/s1. The summed E-state index contributed by atoms with van der Waals surface area (Å²) < 4.78 is 0. The van der Waals surface area contributed by atoms with Crippen molar-refractivity contribution >= 4 is 24.1 Å².